The zero-order valence-corrected chi connectivity index (χ0v) is 87.0. The minimum absolute atomic E-state index is 0.00857. The summed E-state index contributed by atoms with van der Waals surface area (Å²) in [4.78, 5) is 76.2. The summed E-state index contributed by atoms with van der Waals surface area (Å²) >= 11 is 0. The van der Waals surface area contributed by atoms with Crippen LogP contribution in [0.25, 0.3) is 0 Å². The maximum Gasteiger partial charge on any atom is 0.312 e. The maximum absolute atomic E-state index is 12.9. The number of ether oxygens (including phenoxy) is 6. The van der Waals surface area contributed by atoms with E-state index in [-0.39, 0.29) is 113 Å². The van der Waals surface area contributed by atoms with E-state index in [1.807, 2.05) is 83.1 Å². The van der Waals surface area contributed by atoms with Crippen molar-refractivity contribution in [2.75, 3.05) is 0 Å². The number of hydrogen-bond donors (Lipinski definition) is 0. The molecule has 0 spiro atoms. The molecule has 24 saturated carbocycles. The summed E-state index contributed by atoms with van der Waals surface area (Å²) in [5.74, 6) is 18.4. The van der Waals surface area contributed by atoms with Crippen LogP contribution < -0.4 is 0 Å². The smallest absolute Gasteiger partial charge is 0.312 e. The molecule has 0 heterocycles. The fraction of sp³-hybridized carbons (Fsp3) is 0.948. The number of unbranched alkanes of at least 4 members (excludes halogenated alkanes) is 2. The molecular formula is C115H194O12. The third kappa shape index (κ3) is 19.9. The van der Waals surface area contributed by atoms with Gasteiger partial charge >= 0.3 is 35.8 Å². The molecule has 0 aromatic heterocycles. The Morgan fingerprint density at radius 1 is 0.283 bits per heavy atom. The lowest BCUT2D eigenvalue weighted by atomic mass is 9.45. The number of carbonyl (C=O) groups excluding carboxylic acids is 6. The molecule has 0 radical (unpaired) electrons. The largest absolute Gasteiger partial charge is 0.459 e. The van der Waals surface area contributed by atoms with Gasteiger partial charge in [0.1, 0.15) is 33.6 Å². The number of hydrogen-bond acceptors (Lipinski definition) is 12. The van der Waals surface area contributed by atoms with Gasteiger partial charge in [0.05, 0.1) is 32.5 Å². The number of carbonyl (C=O) groups is 6. The van der Waals surface area contributed by atoms with Gasteiger partial charge in [0.15, 0.2) is 0 Å². The van der Waals surface area contributed by atoms with Gasteiger partial charge < -0.3 is 28.4 Å². The van der Waals surface area contributed by atoms with Crippen LogP contribution in [-0.2, 0) is 57.2 Å². The van der Waals surface area contributed by atoms with Gasteiger partial charge in [-0.3, -0.25) is 28.8 Å². The molecule has 0 aliphatic heterocycles. The van der Waals surface area contributed by atoms with Crippen LogP contribution in [0.1, 0.15) is 476 Å². The summed E-state index contributed by atoms with van der Waals surface area (Å²) in [5, 5.41) is 0. The van der Waals surface area contributed by atoms with Crippen LogP contribution in [0.4, 0.5) is 0 Å². The fourth-order valence-corrected chi connectivity index (χ4v) is 32.8. The summed E-state index contributed by atoms with van der Waals surface area (Å²) in [7, 11) is 0. The average molecular weight is 1770 g/mol. The second-order valence-corrected chi connectivity index (χ2v) is 53.8. The second kappa shape index (κ2) is 38.1. The highest BCUT2D eigenvalue weighted by molar-refractivity contribution is 5.79. The summed E-state index contributed by atoms with van der Waals surface area (Å²) in [5.41, 5.74) is -2.74. The predicted octanol–water partition coefficient (Wildman–Crippen LogP) is 30.0. The first-order chi connectivity index (χ1) is 59.4. The molecule has 0 amide bonds. The van der Waals surface area contributed by atoms with Crippen molar-refractivity contribution in [2.45, 2.75) is 509 Å². The van der Waals surface area contributed by atoms with Crippen LogP contribution >= 0.6 is 0 Å². The summed E-state index contributed by atoms with van der Waals surface area (Å²) in [6, 6.07) is 0. The van der Waals surface area contributed by atoms with Gasteiger partial charge in [0.25, 0.3) is 0 Å². The highest BCUT2D eigenvalue weighted by Crippen LogP contribution is 2.70. The first-order valence-corrected chi connectivity index (χ1v) is 54.8. The Morgan fingerprint density at radius 2 is 0.535 bits per heavy atom. The van der Waals surface area contributed by atoms with E-state index in [0.717, 1.165) is 147 Å². The summed E-state index contributed by atoms with van der Waals surface area (Å²) in [6.45, 7) is 56.9. The molecule has 12 heteroatoms. The van der Waals surface area contributed by atoms with Crippen LogP contribution in [0.2, 0.25) is 0 Å². The molecule has 0 N–H and O–H groups in total. The Balaban J connectivity index is 0.000000131. The molecule has 24 aliphatic rings. The normalized spacial score (nSPS) is 40.6. The van der Waals surface area contributed by atoms with Gasteiger partial charge in [0.2, 0.25) is 0 Å². The van der Waals surface area contributed by atoms with Crippen molar-refractivity contribution in [3.8, 4) is 0 Å². The quantitative estimate of drug-likeness (QED) is 0.0540. The predicted molar refractivity (Wildman–Crippen MR) is 514 cm³/mol. The topological polar surface area (TPSA) is 158 Å². The van der Waals surface area contributed by atoms with Gasteiger partial charge in [-0.05, 0) is 523 Å². The minimum Gasteiger partial charge on any atom is -0.459 e. The van der Waals surface area contributed by atoms with Crippen LogP contribution in [0, 0.1) is 179 Å². The monoisotopic (exact) mass is 1770 g/mol. The van der Waals surface area contributed by atoms with E-state index in [1.165, 1.54) is 225 Å². The second-order valence-electron chi connectivity index (χ2n) is 53.8. The SMILES string of the molecule is CCC(C)(C)C(=O)OC(C)(C)C12CC3CC(CC(C3)C1)C2.CCC(C)(C)C(=O)OC1(C(C)C)C2CC3CC(C2)CC1C3.CCC(C)(C)C(=O)OC1(C)C2CC3CC(C2)CC1C3.CCC(C)(C)C(=O)OC1(CC)C2CC3CC(C2)CC1C3.CCCCC(C)(OC(=O)C(C)(C)CC)C12CC3CC(CC(C3)C1)C2.CCCCC1(OC(=O)C(C)(C)CC)C2CC3CC(C2)CC1C3. The van der Waals surface area contributed by atoms with Gasteiger partial charge in [-0.15, -0.1) is 0 Å². The molecule has 0 aromatic rings. The molecular weight excluding hydrogens is 1570 g/mol. The molecule has 24 aliphatic carbocycles. The fourth-order valence-electron chi connectivity index (χ4n) is 32.8. The number of rotatable bonds is 28. The van der Waals surface area contributed by atoms with Gasteiger partial charge in [-0.25, -0.2) is 0 Å². The van der Waals surface area contributed by atoms with Crippen LogP contribution in [-0.4, -0.2) is 69.4 Å². The first-order valence-electron chi connectivity index (χ1n) is 54.8. The van der Waals surface area contributed by atoms with Crippen molar-refractivity contribution < 1.29 is 57.2 Å². The van der Waals surface area contributed by atoms with Crippen molar-refractivity contribution in [1.29, 1.82) is 0 Å². The zero-order chi connectivity index (χ0) is 92.8. The lowest BCUT2D eigenvalue weighted by Crippen LogP contribution is -2.63. The minimum atomic E-state index is -0.365. The van der Waals surface area contributed by atoms with Crippen molar-refractivity contribution in [1.82, 2.24) is 0 Å². The van der Waals surface area contributed by atoms with E-state index in [2.05, 4.69) is 104 Å². The highest BCUT2D eigenvalue weighted by atomic mass is 16.6. The Morgan fingerprint density at radius 3 is 0.835 bits per heavy atom. The van der Waals surface area contributed by atoms with Crippen LogP contribution in [0.15, 0.2) is 0 Å². The molecule has 0 aromatic carbocycles. The Bertz CT molecular complexity index is 3590. The molecule has 24 bridgehead atoms. The molecule has 12 nitrogen and oxygen atoms in total. The van der Waals surface area contributed by atoms with E-state index in [0.29, 0.717) is 53.3 Å². The third-order valence-corrected chi connectivity index (χ3v) is 42.5. The highest BCUT2D eigenvalue weighted by Gasteiger charge is 2.67. The zero-order valence-electron chi connectivity index (χ0n) is 87.0. The Kier molecular flexibility index (Phi) is 30.3. The molecule has 127 heavy (non-hydrogen) atoms. The molecule has 24 fully saturated rings. The van der Waals surface area contributed by atoms with E-state index in [1.54, 1.807) is 0 Å². The molecule has 726 valence electrons. The summed E-state index contributed by atoms with van der Waals surface area (Å²) in [6.07, 6.45) is 56.0. The lowest BCUT2D eigenvalue weighted by Gasteiger charge is -2.62. The average Bonchev–Trinajstić information content (AvgIpc) is 0.728. The van der Waals surface area contributed by atoms with Crippen molar-refractivity contribution in [3.63, 3.8) is 0 Å². The van der Waals surface area contributed by atoms with E-state index >= 15 is 0 Å². The van der Waals surface area contributed by atoms with Gasteiger partial charge in [-0.2, -0.15) is 0 Å². The molecule has 0 saturated heterocycles. The molecule has 1 atom stereocenters. The van der Waals surface area contributed by atoms with Crippen molar-refractivity contribution in [2.24, 2.45) is 179 Å². The lowest BCUT2D eigenvalue weighted by molar-refractivity contribution is -0.231. The third-order valence-electron chi connectivity index (χ3n) is 42.5. The Labute approximate surface area is 777 Å². The van der Waals surface area contributed by atoms with Gasteiger partial charge in [0, 0.05) is 10.8 Å². The Hall–Kier alpha value is -3.18. The van der Waals surface area contributed by atoms with Gasteiger partial charge in [-0.1, -0.05) is 89.0 Å². The van der Waals surface area contributed by atoms with E-state index in [4.69, 9.17) is 28.4 Å². The maximum atomic E-state index is 12.9. The van der Waals surface area contributed by atoms with E-state index in [9.17, 15) is 28.8 Å². The first kappa shape index (κ1) is 101. The standard InChI is InChI=1S/C22H38O2.C20H34O2.2C19H32O2.C18H30O2.C17H28O2/c1-6-8-9-21(5,24-19(23)20(3,4)7-2)22-13-16-10-17(14-22)12-18(11-16)15-22;1-5-7-8-20(22-18(21)19(3,4)6-2)16-10-14-9-15(12-16)13-17(20)11-14;1-6-17(2,3)16(20)21-18(4,5)19-10-13-7-14(11-19)9-15(8-13)12-19;1-6-18(4,5)17(20)21-19(12(2)3)15-8-13-7-14(10-15)11-16(19)9-13;1-5-17(3,4)16(19)20-18(6-2)14-8-12-7-13(10-14)11-15(18)9-12;1-5-16(2,3)15(18)19-17(4)13-7-11-6-12(9-13)10-14(17)8-11/h16-18H,6-15H2,1-5H3;14-17H,5-13H2,1-4H3;13-15H,6-12H2,1-5H3;12-16H,6-11H2,1-5H3;12-15H,5-11H2,1-4H3;11-14H,5-10H2,1-4H3. The summed E-state index contributed by atoms with van der Waals surface area (Å²) < 4.78 is 37.8. The molecule has 24 rings (SSSR count). The van der Waals surface area contributed by atoms with E-state index < -0.39 is 0 Å². The van der Waals surface area contributed by atoms with Crippen molar-refractivity contribution in [3.05, 3.63) is 0 Å². The molecule has 1 unspecified atom stereocenters. The van der Waals surface area contributed by atoms with Crippen LogP contribution in [0.3, 0.4) is 0 Å². The van der Waals surface area contributed by atoms with Crippen molar-refractivity contribution >= 4 is 35.8 Å². The number of esters is 6. The van der Waals surface area contributed by atoms with Crippen LogP contribution in [0.5, 0.6) is 0 Å².